The van der Waals surface area contributed by atoms with Gasteiger partial charge >= 0.3 is 0 Å². The maximum Gasteiger partial charge on any atom is 0.270 e. The van der Waals surface area contributed by atoms with Gasteiger partial charge in [-0.15, -0.1) is 0 Å². The molecule has 0 spiro atoms. The molecule has 1 heterocycles. The highest BCUT2D eigenvalue weighted by Crippen LogP contribution is 2.24. The fraction of sp³-hybridized carbons (Fsp3) is 0.0556. The molecule has 0 bridgehead atoms. The number of hydrogen-bond acceptors (Lipinski definition) is 6. The largest absolute Gasteiger partial charge is 0.393 e. The Hall–Kier alpha value is -2.84. The summed E-state index contributed by atoms with van der Waals surface area (Å²) in [5.74, 6) is 0.390. The van der Waals surface area contributed by atoms with Gasteiger partial charge in [0.25, 0.3) is 5.91 Å². The predicted molar refractivity (Wildman–Crippen MR) is 110 cm³/mol. The van der Waals surface area contributed by atoms with Crippen LogP contribution in [0.2, 0.25) is 5.02 Å². The van der Waals surface area contributed by atoms with Crippen LogP contribution >= 0.6 is 27.5 Å². The van der Waals surface area contributed by atoms with E-state index >= 15 is 0 Å². The maximum atomic E-state index is 12.3. The summed E-state index contributed by atoms with van der Waals surface area (Å²) in [6.07, 6.45) is 1.35. The summed E-state index contributed by atoms with van der Waals surface area (Å²) >= 11 is 9.49. The number of halogens is 2. The molecule has 27 heavy (non-hydrogen) atoms. The molecule has 3 aromatic rings. The molecule has 9 heteroatoms. The van der Waals surface area contributed by atoms with Crippen LogP contribution in [0.4, 0.5) is 17.3 Å². The Kier molecular flexibility index (Phi) is 6.10. The Bertz CT molecular complexity index is 968. The molecule has 0 saturated carbocycles. The van der Waals surface area contributed by atoms with E-state index < -0.39 is 0 Å². The topological polar surface area (TPSA) is 105 Å². The first-order valence-corrected chi connectivity index (χ1v) is 9.12. The van der Waals surface area contributed by atoms with Gasteiger partial charge < -0.3 is 11.1 Å². The summed E-state index contributed by atoms with van der Waals surface area (Å²) in [4.78, 5) is 20.5. The van der Waals surface area contributed by atoms with E-state index in [0.717, 1.165) is 5.56 Å². The fourth-order valence-corrected chi connectivity index (χ4v) is 2.95. The van der Waals surface area contributed by atoms with Gasteiger partial charge in [-0.1, -0.05) is 41.9 Å². The lowest BCUT2D eigenvalue weighted by molar-refractivity contribution is 0.0962. The van der Waals surface area contributed by atoms with Gasteiger partial charge in [-0.25, -0.2) is 9.97 Å². The number of hydrogen-bond donors (Lipinski definition) is 4. The van der Waals surface area contributed by atoms with Gasteiger partial charge in [-0.05, 0) is 39.7 Å². The molecule has 0 saturated heterocycles. The zero-order chi connectivity index (χ0) is 19.2. The van der Waals surface area contributed by atoms with E-state index in [1.54, 1.807) is 18.2 Å². The molecule has 0 atom stereocenters. The normalized spacial score (nSPS) is 10.3. The monoisotopic (exact) mass is 446 g/mol. The third-order valence-corrected chi connectivity index (χ3v) is 4.76. The number of carbonyl (C=O) groups is 1. The zero-order valence-electron chi connectivity index (χ0n) is 14.0. The summed E-state index contributed by atoms with van der Waals surface area (Å²) in [5, 5.41) is 3.77. The van der Waals surface area contributed by atoms with Crippen LogP contribution in [-0.4, -0.2) is 15.9 Å². The van der Waals surface area contributed by atoms with Crippen molar-refractivity contribution in [3.8, 4) is 0 Å². The predicted octanol–water partition coefficient (Wildman–Crippen LogP) is 3.84. The Labute approximate surface area is 169 Å². The number of amides is 1. The summed E-state index contributed by atoms with van der Waals surface area (Å²) in [6, 6.07) is 14.6. The Morgan fingerprint density at radius 2 is 1.78 bits per heavy atom. The lowest BCUT2D eigenvalue weighted by Gasteiger charge is -2.14. The number of nitrogens with two attached hydrogens (primary N) is 1. The third-order valence-electron chi connectivity index (χ3n) is 3.70. The van der Waals surface area contributed by atoms with Crippen molar-refractivity contribution < 1.29 is 4.79 Å². The number of nitrogen functional groups attached to an aromatic ring is 1. The van der Waals surface area contributed by atoms with Crippen molar-refractivity contribution in [2.24, 2.45) is 0 Å². The van der Waals surface area contributed by atoms with Crippen molar-refractivity contribution in [3.63, 3.8) is 0 Å². The number of aromatic nitrogens is 2. The molecule has 0 fully saturated rings. The number of rotatable bonds is 6. The van der Waals surface area contributed by atoms with Gasteiger partial charge in [0.2, 0.25) is 0 Å². The maximum absolute atomic E-state index is 12.3. The highest BCUT2D eigenvalue weighted by molar-refractivity contribution is 9.10. The van der Waals surface area contributed by atoms with Crippen LogP contribution in [0.25, 0.3) is 0 Å². The average molecular weight is 448 g/mol. The smallest absolute Gasteiger partial charge is 0.270 e. The van der Waals surface area contributed by atoms with Gasteiger partial charge in [-0.3, -0.25) is 15.6 Å². The van der Waals surface area contributed by atoms with Crippen LogP contribution in [0.15, 0.2) is 59.3 Å². The third kappa shape index (κ3) is 4.66. The lowest BCUT2D eigenvalue weighted by Crippen LogP contribution is -2.30. The molecule has 0 aliphatic carbocycles. The first-order valence-electron chi connectivity index (χ1n) is 7.95. The van der Waals surface area contributed by atoms with Crippen LogP contribution in [-0.2, 0) is 6.54 Å². The summed E-state index contributed by atoms with van der Waals surface area (Å²) in [5.41, 5.74) is 13.1. The molecule has 5 N–H and O–H groups in total. The molecule has 1 aromatic heterocycles. The van der Waals surface area contributed by atoms with E-state index in [1.807, 2.05) is 30.3 Å². The standard InChI is InChI=1S/C18H16BrClN6O/c19-13-7-3-2-6-12(13)18(27)26-25-17-15(21)16(23-10-24-17)22-9-11-5-1-4-8-14(11)20/h1-8,10H,9,21H2,(H,26,27)(H2,22,23,24,25). The van der Waals surface area contributed by atoms with Crippen molar-refractivity contribution in [1.29, 1.82) is 0 Å². The number of benzene rings is 2. The minimum atomic E-state index is -0.328. The second-order valence-corrected chi connectivity index (χ2v) is 6.75. The Morgan fingerprint density at radius 1 is 1.07 bits per heavy atom. The molecule has 2 aromatic carbocycles. The van der Waals surface area contributed by atoms with Gasteiger partial charge in [-0.2, -0.15) is 0 Å². The fourth-order valence-electron chi connectivity index (χ4n) is 2.29. The van der Waals surface area contributed by atoms with Crippen molar-refractivity contribution in [2.45, 2.75) is 6.54 Å². The van der Waals surface area contributed by atoms with Crippen LogP contribution in [0.1, 0.15) is 15.9 Å². The highest BCUT2D eigenvalue weighted by atomic mass is 79.9. The molecular formula is C18H16BrClN6O. The first-order chi connectivity index (χ1) is 13.1. The second kappa shape index (κ2) is 8.70. The van der Waals surface area contributed by atoms with Gasteiger partial charge in [0.1, 0.15) is 12.0 Å². The second-order valence-electron chi connectivity index (χ2n) is 5.49. The summed E-state index contributed by atoms with van der Waals surface area (Å²) in [7, 11) is 0. The van der Waals surface area contributed by atoms with Crippen molar-refractivity contribution in [2.75, 3.05) is 16.5 Å². The van der Waals surface area contributed by atoms with Crippen LogP contribution < -0.4 is 21.9 Å². The quantitative estimate of drug-likeness (QED) is 0.428. The number of anilines is 3. The minimum Gasteiger partial charge on any atom is -0.393 e. The van der Waals surface area contributed by atoms with E-state index in [-0.39, 0.29) is 17.4 Å². The summed E-state index contributed by atoms with van der Waals surface area (Å²) < 4.78 is 0.682. The molecule has 7 nitrogen and oxygen atoms in total. The molecule has 0 aliphatic rings. The molecule has 3 rings (SSSR count). The molecular weight excluding hydrogens is 432 g/mol. The molecule has 0 unspecified atom stereocenters. The van der Waals surface area contributed by atoms with E-state index in [9.17, 15) is 4.79 Å². The van der Waals surface area contributed by atoms with E-state index in [1.165, 1.54) is 6.33 Å². The van der Waals surface area contributed by atoms with Gasteiger partial charge in [0.15, 0.2) is 11.6 Å². The lowest BCUT2D eigenvalue weighted by atomic mass is 10.2. The van der Waals surface area contributed by atoms with Gasteiger partial charge in [0, 0.05) is 16.0 Å². The first kappa shape index (κ1) is 18.9. The van der Waals surface area contributed by atoms with Crippen LogP contribution in [0.5, 0.6) is 0 Å². The number of carbonyl (C=O) groups excluding carboxylic acids is 1. The Balaban J connectivity index is 1.67. The zero-order valence-corrected chi connectivity index (χ0v) is 16.4. The number of nitrogens with zero attached hydrogens (tertiary/aromatic N) is 2. The number of hydrazine groups is 1. The van der Waals surface area contributed by atoms with Crippen molar-refractivity contribution in [3.05, 3.63) is 75.5 Å². The van der Waals surface area contributed by atoms with Crippen LogP contribution in [0, 0.1) is 0 Å². The van der Waals surface area contributed by atoms with Crippen LogP contribution in [0.3, 0.4) is 0 Å². The highest BCUT2D eigenvalue weighted by Gasteiger charge is 2.12. The van der Waals surface area contributed by atoms with Crippen molar-refractivity contribution >= 4 is 50.8 Å². The van der Waals surface area contributed by atoms with Crippen molar-refractivity contribution in [1.82, 2.24) is 15.4 Å². The summed E-state index contributed by atoms with van der Waals surface area (Å²) in [6.45, 7) is 0.448. The van der Waals surface area contributed by atoms with E-state index in [2.05, 4.69) is 42.1 Å². The van der Waals surface area contributed by atoms with E-state index in [0.29, 0.717) is 27.4 Å². The molecule has 0 aliphatic heterocycles. The van der Waals surface area contributed by atoms with E-state index in [4.69, 9.17) is 17.3 Å². The Morgan fingerprint density at radius 3 is 2.56 bits per heavy atom. The molecule has 1 amide bonds. The molecule has 138 valence electrons. The SMILES string of the molecule is Nc1c(NCc2ccccc2Cl)ncnc1NNC(=O)c1ccccc1Br. The number of nitrogens with one attached hydrogen (secondary N) is 3. The minimum absolute atomic E-state index is 0.275. The van der Waals surface area contributed by atoms with Gasteiger partial charge in [0.05, 0.1) is 5.56 Å². The molecule has 0 radical (unpaired) electrons. The average Bonchev–Trinajstić information content (AvgIpc) is 2.67.